The molecule has 6 heteroatoms. The topological polar surface area (TPSA) is 79.5 Å². The predicted octanol–water partition coefficient (Wildman–Crippen LogP) is 1.60. The molecule has 106 valence electrons. The van der Waals surface area contributed by atoms with E-state index < -0.39 is 0 Å². The first kappa shape index (κ1) is 13.1. The number of rotatable bonds is 2. The summed E-state index contributed by atoms with van der Waals surface area (Å²) in [5.41, 5.74) is 1.78. The molecule has 1 N–H and O–H groups in total. The maximum Gasteiger partial charge on any atom is 0.253 e. The van der Waals surface area contributed by atoms with Gasteiger partial charge in [0, 0.05) is 18.7 Å². The van der Waals surface area contributed by atoms with Crippen LogP contribution >= 0.6 is 0 Å². The number of fused-ring (bicyclic) bond motifs is 1. The third-order valence-electron chi connectivity index (χ3n) is 3.99. The highest BCUT2D eigenvalue weighted by atomic mass is 16.6. The van der Waals surface area contributed by atoms with E-state index in [1.165, 1.54) is 0 Å². The van der Waals surface area contributed by atoms with Crippen molar-refractivity contribution in [2.75, 3.05) is 7.05 Å². The van der Waals surface area contributed by atoms with Gasteiger partial charge in [0.2, 0.25) is 0 Å². The fourth-order valence-electron chi connectivity index (χ4n) is 2.78. The van der Waals surface area contributed by atoms with Crippen LogP contribution in [0.1, 0.15) is 36.0 Å². The summed E-state index contributed by atoms with van der Waals surface area (Å²) in [6.07, 6.45) is 3.07. The standard InChI is InChI=1S/C14H17N3O3/c1-17(10-3-2-4-11(18)8-10)14(19)9-5-6-12-13(7-9)16-20-15-12/h5-7,10-11,18H,2-4,8H2,1H3/t10-,11-/m0/s1. The Balaban J connectivity index is 1.79. The Labute approximate surface area is 116 Å². The molecule has 0 unspecified atom stereocenters. The van der Waals surface area contributed by atoms with E-state index in [0.717, 1.165) is 19.3 Å². The van der Waals surface area contributed by atoms with Crippen LogP contribution in [0.2, 0.25) is 0 Å². The summed E-state index contributed by atoms with van der Waals surface area (Å²) in [5, 5.41) is 17.2. The number of aromatic nitrogens is 2. The molecule has 1 fully saturated rings. The molecule has 0 spiro atoms. The minimum absolute atomic E-state index is 0.0611. The van der Waals surface area contributed by atoms with Crippen molar-refractivity contribution in [3.05, 3.63) is 23.8 Å². The Morgan fingerprint density at radius 3 is 2.95 bits per heavy atom. The van der Waals surface area contributed by atoms with Crippen LogP contribution in [0, 0.1) is 0 Å². The zero-order valence-electron chi connectivity index (χ0n) is 11.3. The van der Waals surface area contributed by atoms with Gasteiger partial charge in [-0.15, -0.1) is 0 Å². The number of amides is 1. The molecule has 0 radical (unpaired) electrons. The van der Waals surface area contributed by atoms with Crippen molar-refractivity contribution in [1.29, 1.82) is 0 Å². The van der Waals surface area contributed by atoms with Gasteiger partial charge in [-0.3, -0.25) is 4.79 Å². The van der Waals surface area contributed by atoms with E-state index in [9.17, 15) is 9.90 Å². The Hall–Kier alpha value is -1.95. The smallest absolute Gasteiger partial charge is 0.253 e. The largest absolute Gasteiger partial charge is 0.393 e. The average Bonchev–Trinajstić information content (AvgIpc) is 2.93. The summed E-state index contributed by atoms with van der Waals surface area (Å²) in [6.45, 7) is 0. The van der Waals surface area contributed by atoms with Crippen molar-refractivity contribution in [3.8, 4) is 0 Å². The van der Waals surface area contributed by atoms with Crippen molar-refractivity contribution >= 4 is 16.9 Å². The van der Waals surface area contributed by atoms with Gasteiger partial charge in [-0.25, -0.2) is 4.63 Å². The van der Waals surface area contributed by atoms with Gasteiger partial charge < -0.3 is 10.0 Å². The van der Waals surface area contributed by atoms with Crippen LogP contribution in [0.25, 0.3) is 11.0 Å². The summed E-state index contributed by atoms with van der Waals surface area (Å²) in [5.74, 6) is -0.0611. The summed E-state index contributed by atoms with van der Waals surface area (Å²) < 4.78 is 4.63. The summed E-state index contributed by atoms with van der Waals surface area (Å²) in [7, 11) is 1.79. The number of nitrogens with zero attached hydrogens (tertiary/aromatic N) is 3. The Morgan fingerprint density at radius 2 is 2.15 bits per heavy atom. The molecule has 0 aliphatic heterocycles. The fraction of sp³-hybridized carbons (Fsp3) is 0.500. The lowest BCUT2D eigenvalue weighted by atomic mass is 9.92. The van der Waals surface area contributed by atoms with E-state index in [1.54, 1.807) is 30.1 Å². The van der Waals surface area contributed by atoms with Crippen molar-refractivity contribution in [2.45, 2.75) is 37.8 Å². The number of carbonyl (C=O) groups is 1. The van der Waals surface area contributed by atoms with Gasteiger partial charge in [-0.1, -0.05) is 0 Å². The number of benzene rings is 1. The zero-order valence-corrected chi connectivity index (χ0v) is 11.3. The van der Waals surface area contributed by atoms with E-state index in [4.69, 9.17) is 0 Å². The van der Waals surface area contributed by atoms with Gasteiger partial charge in [0.05, 0.1) is 6.10 Å². The van der Waals surface area contributed by atoms with Gasteiger partial charge in [0.1, 0.15) is 11.0 Å². The first-order chi connectivity index (χ1) is 9.65. The Morgan fingerprint density at radius 1 is 1.35 bits per heavy atom. The van der Waals surface area contributed by atoms with Gasteiger partial charge in [0.15, 0.2) is 0 Å². The molecule has 3 rings (SSSR count). The molecular weight excluding hydrogens is 258 g/mol. The second-order valence-corrected chi connectivity index (χ2v) is 5.36. The highest BCUT2D eigenvalue weighted by Gasteiger charge is 2.27. The molecular formula is C14H17N3O3. The van der Waals surface area contributed by atoms with E-state index in [-0.39, 0.29) is 18.1 Å². The van der Waals surface area contributed by atoms with Crippen LogP contribution < -0.4 is 0 Å². The lowest BCUT2D eigenvalue weighted by Gasteiger charge is -2.33. The number of aliphatic hydroxyl groups is 1. The van der Waals surface area contributed by atoms with E-state index in [1.807, 2.05) is 0 Å². The van der Waals surface area contributed by atoms with Crippen LogP contribution in [0.5, 0.6) is 0 Å². The van der Waals surface area contributed by atoms with Crippen molar-refractivity contribution in [2.24, 2.45) is 0 Å². The zero-order chi connectivity index (χ0) is 14.1. The molecule has 1 amide bonds. The molecule has 2 aromatic rings. The number of hydrogen-bond acceptors (Lipinski definition) is 5. The minimum atomic E-state index is -0.300. The number of hydrogen-bond donors (Lipinski definition) is 1. The molecule has 1 aliphatic rings. The number of carbonyl (C=O) groups excluding carboxylic acids is 1. The maximum atomic E-state index is 12.5. The molecule has 20 heavy (non-hydrogen) atoms. The van der Waals surface area contributed by atoms with Crippen LogP contribution in [0.3, 0.4) is 0 Å². The maximum absolute atomic E-state index is 12.5. The molecule has 6 nitrogen and oxygen atoms in total. The molecule has 1 heterocycles. The van der Waals surface area contributed by atoms with Crippen LogP contribution in [-0.2, 0) is 0 Å². The molecule has 2 atom stereocenters. The molecule has 0 bridgehead atoms. The summed E-state index contributed by atoms with van der Waals surface area (Å²) >= 11 is 0. The van der Waals surface area contributed by atoms with E-state index in [2.05, 4.69) is 14.9 Å². The molecule has 1 aromatic heterocycles. The lowest BCUT2D eigenvalue weighted by molar-refractivity contribution is 0.0522. The summed E-state index contributed by atoms with van der Waals surface area (Å²) in [4.78, 5) is 14.2. The lowest BCUT2D eigenvalue weighted by Crippen LogP contribution is -2.41. The van der Waals surface area contributed by atoms with Gasteiger partial charge in [-0.05, 0) is 54.2 Å². The SMILES string of the molecule is CN(C(=O)c1ccc2nonc2c1)[C@H]1CCC[C@H](O)C1. The average molecular weight is 275 g/mol. The summed E-state index contributed by atoms with van der Waals surface area (Å²) in [6, 6.07) is 5.23. The van der Waals surface area contributed by atoms with Crippen LogP contribution in [0.15, 0.2) is 22.8 Å². The highest BCUT2D eigenvalue weighted by molar-refractivity contribution is 5.97. The predicted molar refractivity (Wildman–Crippen MR) is 72.2 cm³/mol. The second-order valence-electron chi connectivity index (χ2n) is 5.36. The van der Waals surface area contributed by atoms with Crippen molar-refractivity contribution < 1.29 is 14.5 Å². The molecule has 1 aromatic carbocycles. The normalized spacial score (nSPS) is 22.9. The van der Waals surface area contributed by atoms with E-state index >= 15 is 0 Å². The third kappa shape index (κ3) is 2.38. The first-order valence-electron chi connectivity index (χ1n) is 6.82. The monoisotopic (exact) mass is 275 g/mol. The van der Waals surface area contributed by atoms with Gasteiger partial charge in [-0.2, -0.15) is 0 Å². The van der Waals surface area contributed by atoms with Crippen molar-refractivity contribution in [1.82, 2.24) is 15.2 Å². The van der Waals surface area contributed by atoms with Crippen LogP contribution in [0.4, 0.5) is 0 Å². The molecule has 1 aliphatic carbocycles. The number of aliphatic hydroxyl groups excluding tert-OH is 1. The Kier molecular flexibility index (Phi) is 3.40. The second kappa shape index (κ2) is 5.20. The fourth-order valence-corrected chi connectivity index (χ4v) is 2.78. The first-order valence-corrected chi connectivity index (χ1v) is 6.82. The minimum Gasteiger partial charge on any atom is -0.393 e. The van der Waals surface area contributed by atoms with Crippen molar-refractivity contribution in [3.63, 3.8) is 0 Å². The van der Waals surface area contributed by atoms with Gasteiger partial charge >= 0.3 is 0 Å². The Bertz CT molecular complexity index is 625. The molecule has 1 saturated carbocycles. The van der Waals surface area contributed by atoms with Gasteiger partial charge in [0.25, 0.3) is 5.91 Å². The van der Waals surface area contributed by atoms with E-state index in [0.29, 0.717) is 23.0 Å². The quantitative estimate of drug-likeness (QED) is 0.900. The van der Waals surface area contributed by atoms with Crippen LogP contribution in [-0.4, -0.2) is 45.4 Å². The molecule has 0 saturated heterocycles. The highest BCUT2D eigenvalue weighted by Crippen LogP contribution is 2.24. The third-order valence-corrected chi connectivity index (χ3v) is 3.99.